The van der Waals surface area contributed by atoms with Crippen LogP contribution in [0.5, 0.6) is 11.5 Å². The monoisotopic (exact) mass is 317 g/mol. The van der Waals surface area contributed by atoms with E-state index in [1.54, 1.807) is 38.5 Å². The molecule has 1 amide bonds. The summed E-state index contributed by atoms with van der Waals surface area (Å²) in [5.41, 5.74) is 1.78. The minimum Gasteiger partial charge on any atom is -0.497 e. The van der Waals surface area contributed by atoms with Gasteiger partial charge in [-0.05, 0) is 42.3 Å². The van der Waals surface area contributed by atoms with Crippen molar-refractivity contribution >= 4 is 5.91 Å². The molecule has 0 radical (unpaired) electrons. The summed E-state index contributed by atoms with van der Waals surface area (Å²) in [6.07, 6.45) is 0.916. The quantitative estimate of drug-likeness (QED) is 0.853. The second kappa shape index (κ2) is 8.17. The molecule has 0 fully saturated rings. The molecule has 0 unspecified atom stereocenters. The predicted octanol–water partition coefficient (Wildman–Crippen LogP) is 3.09. The molecule has 122 valence electrons. The van der Waals surface area contributed by atoms with Crippen molar-refractivity contribution in [3.8, 4) is 11.5 Å². The van der Waals surface area contributed by atoms with Crippen LogP contribution < -0.4 is 14.8 Å². The molecule has 0 aliphatic carbocycles. The zero-order valence-electron chi connectivity index (χ0n) is 13.3. The molecule has 2 rings (SSSR count). The second-order valence-corrected chi connectivity index (χ2v) is 5.08. The highest BCUT2D eigenvalue weighted by Crippen LogP contribution is 2.23. The standard InChI is InChI=1S/C18H20FNO3/c1-22-16-8-9-17(23-2)14(11-16)12-20-18(21)10-5-13-3-6-15(19)7-4-13/h3-4,6-9,11H,5,10,12H2,1-2H3,(H,20,21). The number of methoxy groups -OCH3 is 2. The first-order valence-electron chi connectivity index (χ1n) is 7.34. The smallest absolute Gasteiger partial charge is 0.220 e. The predicted molar refractivity (Wildman–Crippen MR) is 86.1 cm³/mol. The third kappa shape index (κ3) is 4.98. The number of ether oxygens (including phenoxy) is 2. The van der Waals surface area contributed by atoms with Crippen LogP contribution in [0.3, 0.4) is 0 Å². The molecule has 0 spiro atoms. The van der Waals surface area contributed by atoms with Gasteiger partial charge in [0.05, 0.1) is 14.2 Å². The molecule has 0 saturated heterocycles. The van der Waals surface area contributed by atoms with Gasteiger partial charge in [-0.3, -0.25) is 4.79 Å². The first kappa shape index (κ1) is 16.8. The van der Waals surface area contributed by atoms with Crippen LogP contribution in [0.1, 0.15) is 17.5 Å². The van der Waals surface area contributed by atoms with Gasteiger partial charge in [-0.15, -0.1) is 0 Å². The van der Waals surface area contributed by atoms with Gasteiger partial charge in [-0.1, -0.05) is 12.1 Å². The molecule has 0 saturated carbocycles. The van der Waals surface area contributed by atoms with E-state index in [9.17, 15) is 9.18 Å². The average Bonchev–Trinajstić information content (AvgIpc) is 2.59. The molecule has 4 nitrogen and oxygen atoms in total. The third-order valence-electron chi connectivity index (χ3n) is 3.52. The molecule has 5 heteroatoms. The van der Waals surface area contributed by atoms with Gasteiger partial charge in [0.2, 0.25) is 5.91 Å². The Morgan fingerprint density at radius 2 is 1.83 bits per heavy atom. The number of carbonyl (C=O) groups excluding carboxylic acids is 1. The topological polar surface area (TPSA) is 47.6 Å². The van der Waals surface area contributed by atoms with Crippen molar-refractivity contribution in [2.24, 2.45) is 0 Å². The number of nitrogens with one attached hydrogen (secondary N) is 1. The fourth-order valence-corrected chi connectivity index (χ4v) is 2.21. The number of amides is 1. The summed E-state index contributed by atoms with van der Waals surface area (Å²) < 4.78 is 23.3. The van der Waals surface area contributed by atoms with Crippen molar-refractivity contribution in [3.63, 3.8) is 0 Å². The van der Waals surface area contributed by atoms with Gasteiger partial charge in [0.25, 0.3) is 0 Å². The molecule has 0 atom stereocenters. The minimum absolute atomic E-state index is 0.0702. The third-order valence-corrected chi connectivity index (χ3v) is 3.52. The lowest BCUT2D eigenvalue weighted by atomic mass is 10.1. The van der Waals surface area contributed by atoms with Gasteiger partial charge in [-0.25, -0.2) is 4.39 Å². The van der Waals surface area contributed by atoms with Crippen LogP contribution in [-0.4, -0.2) is 20.1 Å². The Morgan fingerprint density at radius 3 is 2.48 bits per heavy atom. The van der Waals surface area contributed by atoms with E-state index in [-0.39, 0.29) is 11.7 Å². The van der Waals surface area contributed by atoms with Crippen molar-refractivity contribution < 1.29 is 18.7 Å². The number of rotatable bonds is 7. The lowest BCUT2D eigenvalue weighted by molar-refractivity contribution is -0.121. The summed E-state index contributed by atoms with van der Waals surface area (Å²) in [5, 5.41) is 2.86. The van der Waals surface area contributed by atoms with Crippen LogP contribution in [0.15, 0.2) is 42.5 Å². The summed E-state index contributed by atoms with van der Waals surface area (Å²) in [6, 6.07) is 11.6. The van der Waals surface area contributed by atoms with Crippen LogP contribution >= 0.6 is 0 Å². The van der Waals surface area contributed by atoms with E-state index < -0.39 is 0 Å². The Balaban J connectivity index is 1.87. The van der Waals surface area contributed by atoms with E-state index in [4.69, 9.17) is 9.47 Å². The summed E-state index contributed by atoms with van der Waals surface area (Å²) >= 11 is 0. The molecule has 2 aromatic rings. The number of carbonyl (C=O) groups is 1. The summed E-state index contributed by atoms with van der Waals surface area (Å²) in [5.74, 6) is 1.06. The van der Waals surface area contributed by atoms with Gasteiger partial charge in [0, 0.05) is 18.5 Å². The highest BCUT2D eigenvalue weighted by molar-refractivity contribution is 5.76. The molecule has 23 heavy (non-hydrogen) atoms. The zero-order valence-corrected chi connectivity index (χ0v) is 13.3. The van der Waals surface area contributed by atoms with E-state index in [0.29, 0.717) is 30.9 Å². The molecule has 0 heterocycles. The van der Waals surface area contributed by atoms with Crippen LogP contribution in [-0.2, 0) is 17.8 Å². The Bertz CT molecular complexity index is 656. The SMILES string of the molecule is COc1ccc(OC)c(CNC(=O)CCc2ccc(F)cc2)c1. The maximum atomic E-state index is 12.8. The zero-order chi connectivity index (χ0) is 16.7. The van der Waals surface area contributed by atoms with E-state index >= 15 is 0 Å². The van der Waals surface area contributed by atoms with Gasteiger partial charge in [-0.2, -0.15) is 0 Å². The van der Waals surface area contributed by atoms with Crippen LogP contribution in [0.4, 0.5) is 4.39 Å². The molecular weight excluding hydrogens is 297 g/mol. The van der Waals surface area contributed by atoms with Gasteiger partial charge >= 0.3 is 0 Å². The van der Waals surface area contributed by atoms with Crippen molar-refractivity contribution in [3.05, 3.63) is 59.4 Å². The highest BCUT2D eigenvalue weighted by Gasteiger charge is 2.08. The number of benzene rings is 2. The maximum Gasteiger partial charge on any atom is 0.220 e. The Labute approximate surface area is 135 Å². The summed E-state index contributed by atoms with van der Waals surface area (Å²) in [6.45, 7) is 0.364. The normalized spacial score (nSPS) is 10.2. The van der Waals surface area contributed by atoms with Crippen molar-refractivity contribution in [2.75, 3.05) is 14.2 Å². The Hall–Kier alpha value is -2.56. The molecule has 0 aliphatic rings. The van der Waals surface area contributed by atoms with Crippen LogP contribution in [0, 0.1) is 5.82 Å². The van der Waals surface area contributed by atoms with E-state index in [1.165, 1.54) is 12.1 Å². The van der Waals surface area contributed by atoms with Crippen LogP contribution in [0.25, 0.3) is 0 Å². The number of halogens is 1. The highest BCUT2D eigenvalue weighted by atomic mass is 19.1. The van der Waals surface area contributed by atoms with E-state index in [1.807, 2.05) is 6.07 Å². The largest absolute Gasteiger partial charge is 0.497 e. The van der Waals surface area contributed by atoms with Gasteiger partial charge in [0.1, 0.15) is 17.3 Å². The fourth-order valence-electron chi connectivity index (χ4n) is 2.21. The Morgan fingerprint density at radius 1 is 1.09 bits per heavy atom. The number of hydrogen-bond donors (Lipinski definition) is 1. The van der Waals surface area contributed by atoms with Crippen LogP contribution in [0.2, 0.25) is 0 Å². The van der Waals surface area contributed by atoms with Crippen molar-refractivity contribution in [1.82, 2.24) is 5.32 Å². The summed E-state index contributed by atoms with van der Waals surface area (Å²) in [7, 11) is 3.18. The van der Waals surface area contributed by atoms with Crippen molar-refractivity contribution in [2.45, 2.75) is 19.4 Å². The van der Waals surface area contributed by atoms with E-state index in [2.05, 4.69) is 5.32 Å². The first-order chi connectivity index (χ1) is 11.1. The number of aryl methyl sites for hydroxylation is 1. The molecule has 1 N–H and O–H groups in total. The Kier molecular flexibility index (Phi) is 5.97. The maximum absolute atomic E-state index is 12.8. The molecular formula is C18H20FNO3. The first-order valence-corrected chi connectivity index (χ1v) is 7.34. The molecule has 0 aromatic heterocycles. The minimum atomic E-state index is -0.275. The fraction of sp³-hybridized carbons (Fsp3) is 0.278. The van der Waals surface area contributed by atoms with Gasteiger partial charge in [0.15, 0.2) is 0 Å². The second-order valence-electron chi connectivity index (χ2n) is 5.08. The number of hydrogen-bond acceptors (Lipinski definition) is 3. The summed E-state index contributed by atoms with van der Waals surface area (Å²) in [4.78, 5) is 12.0. The molecule has 2 aromatic carbocycles. The molecule has 0 bridgehead atoms. The molecule has 0 aliphatic heterocycles. The van der Waals surface area contributed by atoms with Crippen molar-refractivity contribution in [1.29, 1.82) is 0 Å². The van der Waals surface area contributed by atoms with Gasteiger partial charge < -0.3 is 14.8 Å². The lowest BCUT2D eigenvalue weighted by Crippen LogP contribution is -2.23. The average molecular weight is 317 g/mol. The lowest BCUT2D eigenvalue weighted by Gasteiger charge is -2.11. The van der Waals surface area contributed by atoms with E-state index in [0.717, 1.165) is 11.1 Å².